The predicted molar refractivity (Wildman–Crippen MR) is 94.1 cm³/mol. The van der Waals surface area contributed by atoms with Crippen molar-refractivity contribution in [3.05, 3.63) is 0 Å². The molecule has 0 spiro atoms. The number of hydrogen-bond donors (Lipinski definition) is 5. The molecule has 20 heavy (non-hydrogen) atoms. The summed E-state index contributed by atoms with van der Waals surface area (Å²) in [7, 11) is 1.75. The van der Waals surface area contributed by atoms with E-state index in [2.05, 4.69) is 41.2 Å². The fourth-order valence-electron chi connectivity index (χ4n) is 1.02. The van der Waals surface area contributed by atoms with Crippen LogP contribution in [-0.4, -0.2) is 55.9 Å². The second kappa shape index (κ2) is 21.1. The average Bonchev–Trinajstić information content (AvgIpc) is 2.49. The van der Waals surface area contributed by atoms with Gasteiger partial charge >= 0.3 is 0 Å². The number of aldehydes is 1. The Morgan fingerprint density at radius 2 is 1.70 bits per heavy atom. The molecule has 0 aromatic heterocycles. The van der Waals surface area contributed by atoms with Gasteiger partial charge in [-0.3, -0.25) is 4.79 Å². The van der Waals surface area contributed by atoms with Gasteiger partial charge in [0.2, 0.25) is 5.91 Å². The Morgan fingerprint density at radius 3 is 1.90 bits per heavy atom. The van der Waals surface area contributed by atoms with E-state index in [9.17, 15) is 9.59 Å². The number of nitrogens with one attached hydrogen (secondary N) is 3. The molecule has 0 aromatic carbocycles. The van der Waals surface area contributed by atoms with Crippen LogP contribution in [-0.2, 0) is 9.59 Å². The summed E-state index contributed by atoms with van der Waals surface area (Å²) < 4.78 is 0. The van der Waals surface area contributed by atoms with E-state index in [1.807, 2.05) is 27.7 Å². The fourth-order valence-corrected chi connectivity index (χ4v) is 1.58. The van der Waals surface area contributed by atoms with Crippen LogP contribution < -0.4 is 16.0 Å². The van der Waals surface area contributed by atoms with E-state index < -0.39 is 0 Å². The molecule has 0 aromatic rings. The van der Waals surface area contributed by atoms with Crippen LogP contribution >= 0.6 is 25.3 Å². The number of carbonyl (C=O) groups excluding carboxylic acids is 2. The third-order valence-electron chi connectivity index (χ3n) is 2.03. The van der Waals surface area contributed by atoms with Crippen molar-refractivity contribution in [2.45, 2.75) is 39.8 Å². The van der Waals surface area contributed by atoms with Crippen molar-refractivity contribution in [3.63, 3.8) is 0 Å². The molecule has 0 saturated heterocycles. The quantitative estimate of drug-likeness (QED) is 0.338. The Balaban J connectivity index is -0.000000262. The molecule has 0 aliphatic heterocycles. The monoisotopic (exact) mass is 325 g/mol. The summed E-state index contributed by atoms with van der Waals surface area (Å²) in [6.45, 7) is 9.35. The van der Waals surface area contributed by atoms with Crippen molar-refractivity contribution in [2.24, 2.45) is 0 Å². The summed E-state index contributed by atoms with van der Waals surface area (Å²) in [5.74, 6) is 1.12. The van der Waals surface area contributed by atoms with Crippen LogP contribution in [0.25, 0.3) is 0 Å². The first-order valence-corrected chi connectivity index (χ1v) is 8.22. The Kier molecular flexibility index (Phi) is 26.1. The number of hydrogen-bond acceptors (Lipinski definition) is 6. The van der Waals surface area contributed by atoms with E-state index in [-0.39, 0.29) is 18.0 Å². The van der Waals surface area contributed by atoms with Crippen molar-refractivity contribution in [1.29, 1.82) is 0 Å². The highest BCUT2D eigenvalue weighted by molar-refractivity contribution is 7.80. The first-order chi connectivity index (χ1) is 9.60. The third kappa shape index (κ3) is 15.8. The summed E-state index contributed by atoms with van der Waals surface area (Å²) >= 11 is 7.94. The number of thiol groups is 2. The maximum Gasteiger partial charge on any atom is 0.237 e. The summed E-state index contributed by atoms with van der Waals surface area (Å²) in [4.78, 5) is 21.0. The molecule has 2 unspecified atom stereocenters. The number of rotatable bonds is 8. The van der Waals surface area contributed by atoms with E-state index in [1.54, 1.807) is 7.05 Å². The Morgan fingerprint density at radius 1 is 1.15 bits per heavy atom. The van der Waals surface area contributed by atoms with Crippen LogP contribution in [0.2, 0.25) is 0 Å². The fraction of sp³-hybridized carbons (Fsp3) is 0.846. The van der Waals surface area contributed by atoms with Crippen molar-refractivity contribution in [2.75, 3.05) is 31.6 Å². The van der Waals surface area contributed by atoms with Gasteiger partial charge in [0.1, 0.15) is 6.29 Å². The molecule has 0 bridgehead atoms. The molecule has 5 nitrogen and oxygen atoms in total. The molecule has 0 rings (SSSR count). The normalized spacial score (nSPS) is 11.9. The van der Waals surface area contributed by atoms with Crippen molar-refractivity contribution in [3.8, 4) is 0 Å². The molecule has 0 saturated carbocycles. The third-order valence-corrected chi connectivity index (χ3v) is 2.78. The predicted octanol–water partition coefficient (Wildman–Crippen LogP) is 0.760. The van der Waals surface area contributed by atoms with Gasteiger partial charge in [-0.15, -0.1) is 0 Å². The SMILES string of the molecule is CC.CCNC(=O)C(CS)NC.CCNC(C=O)CS. The van der Waals surface area contributed by atoms with E-state index >= 15 is 0 Å². The second-order valence-corrected chi connectivity index (χ2v) is 4.13. The molecule has 0 fully saturated rings. The highest BCUT2D eigenvalue weighted by atomic mass is 32.1. The van der Waals surface area contributed by atoms with E-state index in [4.69, 9.17) is 0 Å². The maximum atomic E-state index is 11.0. The lowest BCUT2D eigenvalue weighted by molar-refractivity contribution is -0.122. The molecule has 122 valence electrons. The molecular weight excluding hydrogens is 294 g/mol. The zero-order chi connectivity index (χ0) is 16.4. The number of amides is 1. The lowest BCUT2D eigenvalue weighted by Gasteiger charge is -2.11. The largest absolute Gasteiger partial charge is 0.355 e. The zero-order valence-electron chi connectivity index (χ0n) is 13.3. The van der Waals surface area contributed by atoms with Gasteiger partial charge in [0, 0.05) is 18.1 Å². The van der Waals surface area contributed by atoms with Crippen LogP contribution in [0.4, 0.5) is 0 Å². The molecule has 1 amide bonds. The van der Waals surface area contributed by atoms with Crippen LogP contribution in [0.3, 0.4) is 0 Å². The minimum absolute atomic E-state index is 0.0139. The molecule has 2 atom stereocenters. The van der Waals surface area contributed by atoms with E-state index in [0.29, 0.717) is 18.1 Å². The zero-order valence-corrected chi connectivity index (χ0v) is 15.1. The van der Waals surface area contributed by atoms with Crippen molar-refractivity contribution in [1.82, 2.24) is 16.0 Å². The average molecular weight is 326 g/mol. The van der Waals surface area contributed by atoms with Gasteiger partial charge in [-0.2, -0.15) is 25.3 Å². The Bertz CT molecular complexity index is 216. The van der Waals surface area contributed by atoms with Crippen LogP contribution in [0.15, 0.2) is 0 Å². The van der Waals surface area contributed by atoms with E-state index in [1.165, 1.54) is 0 Å². The van der Waals surface area contributed by atoms with Gasteiger partial charge < -0.3 is 20.7 Å². The van der Waals surface area contributed by atoms with Gasteiger partial charge in [-0.1, -0.05) is 20.8 Å². The lowest BCUT2D eigenvalue weighted by atomic mass is 10.3. The summed E-state index contributed by atoms with van der Waals surface area (Å²) in [5.41, 5.74) is 0. The first kappa shape index (κ1) is 24.8. The summed E-state index contributed by atoms with van der Waals surface area (Å²) in [6.07, 6.45) is 0.872. The topological polar surface area (TPSA) is 70.2 Å². The molecule has 3 N–H and O–H groups in total. The summed E-state index contributed by atoms with van der Waals surface area (Å²) in [6, 6.07) is -0.230. The Labute approximate surface area is 134 Å². The van der Waals surface area contributed by atoms with Gasteiger partial charge in [-0.25, -0.2) is 0 Å². The van der Waals surface area contributed by atoms with Gasteiger partial charge in [0.25, 0.3) is 0 Å². The lowest BCUT2D eigenvalue weighted by Crippen LogP contribution is -2.43. The Hall–Kier alpha value is -0.240. The minimum Gasteiger partial charge on any atom is -0.355 e. The molecule has 0 radical (unpaired) electrons. The van der Waals surface area contributed by atoms with Gasteiger partial charge in [0.05, 0.1) is 12.1 Å². The molecule has 0 aliphatic rings. The molecular formula is C13H31N3O2S2. The molecule has 7 heteroatoms. The second-order valence-electron chi connectivity index (χ2n) is 3.40. The number of likely N-dealkylation sites (N-methyl/N-ethyl adjacent to an activating group) is 3. The van der Waals surface area contributed by atoms with Crippen LogP contribution in [0.1, 0.15) is 27.7 Å². The molecule has 0 aliphatic carbocycles. The van der Waals surface area contributed by atoms with Crippen molar-refractivity contribution >= 4 is 37.5 Å². The number of carbonyl (C=O) groups is 2. The first-order valence-electron chi connectivity index (χ1n) is 6.96. The van der Waals surface area contributed by atoms with Crippen molar-refractivity contribution < 1.29 is 9.59 Å². The highest BCUT2D eigenvalue weighted by Gasteiger charge is 2.11. The van der Waals surface area contributed by atoms with Gasteiger partial charge in [0.15, 0.2) is 0 Å². The van der Waals surface area contributed by atoms with Gasteiger partial charge in [-0.05, 0) is 20.5 Å². The molecule has 0 heterocycles. The van der Waals surface area contributed by atoms with Crippen LogP contribution in [0.5, 0.6) is 0 Å². The smallest absolute Gasteiger partial charge is 0.237 e. The summed E-state index contributed by atoms with van der Waals surface area (Å²) in [5, 5.41) is 8.48. The van der Waals surface area contributed by atoms with Crippen LogP contribution in [0, 0.1) is 0 Å². The maximum absolute atomic E-state index is 11.0. The highest BCUT2D eigenvalue weighted by Crippen LogP contribution is 1.85. The van der Waals surface area contributed by atoms with E-state index in [0.717, 1.165) is 12.8 Å². The minimum atomic E-state index is -0.164. The standard InChI is InChI=1S/C6H14N2OS.C5H11NOS.C2H6/c1-3-8-6(9)5(4-10)7-2;1-2-6-5(3-7)4-8;1-2/h5,7,10H,3-4H2,1-2H3,(H,8,9);3,5-6,8H,2,4H2,1H3;1-2H3.